The molecule has 0 aromatic heterocycles. The summed E-state index contributed by atoms with van der Waals surface area (Å²) in [4.78, 5) is 18.6. The molecule has 0 spiro atoms. The van der Waals surface area contributed by atoms with Crippen molar-refractivity contribution in [3.05, 3.63) is 28.8 Å². The molecular formula is C18H26ClN3O3S. The molecule has 6 nitrogen and oxygen atoms in total. The molecule has 1 amide bonds. The van der Waals surface area contributed by atoms with Crippen molar-refractivity contribution in [2.24, 2.45) is 0 Å². The highest BCUT2D eigenvalue weighted by molar-refractivity contribution is 7.91. The van der Waals surface area contributed by atoms with Crippen molar-refractivity contribution in [2.45, 2.75) is 19.4 Å². The molecule has 2 saturated heterocycles. The van der Waals surface area contributed by atoms with Gasteiger partial charge < -0.3 is 9.80 Å². The maximum Gasteiger partial charge on any atom is 0.236 e. The highest BCUT2D eigenvalue weighted by Gasteiger charge is 2.33. The van der Waals surface area contributed by atoms with Gasteiger partial charge in [0.1, 0.15) is 0 Å². The molecule has 1 aromatic rings. The summed E-state index contributed by atoms with van der Waals surface area (Å²) in [6.45, 7) is 5.70. The zero-order valence-electron chi connectivity index (χ0n) is 15.3. The van der Waals surface area contributed by atoms with Gasteiger partial charge in [0.05, 0.1) is 18.1 Å². The van der Waals surface area contributed by atoms with Crippen LogP contribution in [0.3, 0.4) is 0 Å². The molecule has 1 atom stereocenters. The van der Waals surface area contributed by atoms with Crippen molar-refractivity contribution in [3.63, 3.8) is 0 Å². The summed E-state index contributed by atoms with van der Waals surface area (Å²) in [5.41, 5.74) is 2.35. The van der Waals surface area contributed by atoms with Crippen LogP contribution in [0.4, 0.5) is 5.69 Å². The molecule has 144 valence electrons. The van der Waals surface area contributed by atoms with E-state index in [0.717, 1.165) is 36.9 Å². The summed E-state index contributed by atoms with van der Waals surface area (Å²) in [5, 5.41) is 0.733. The maximum atomic E-state index is 12.5. The minimum absolute atomic E-state index is 0.000476. The number of piperazine rings is 1. The van der Waals surface area contributed by atoms with Crippen molar-refractivity contribution < 1.29 is 13.2 Å². The number of likely N-dealkylation sites (N-methyl/N-ethyl adjacent to an activating group) is 1. The number of aryl methyl sites for hydroxylation is 1. The van der Waals surface area contributed by atoms with Crippen molar-refractivity contribution >= 4 is 33.0 Å². The van der Waals surface area contributed by atoms with Crippen LogP contribution in [-0.2, 0) is 14.6 Å². The van der Waals surface area contributed by atoms with E-state index in [1.807, 2.05) is 18.2 Å². The molecule has 26 heavy (non-hydrogen) atoms. The second kappa shape index (κ2) is 7.74. The Balaban J connectivity index is 1.52. The summed E-state index contributed by atoms with van der Waals surface area (Å²) in [6.07, 6.45) is 0.548. The molecular weight excluding hydrogens is 374 g/mol. The Morgan fingerprint density at radius 1 is 1.27 bits per heavy atom. The third kappa shape index (κ3) is 4.50. The second-order valence-electron chi connectivity index (χ2n) is 7.26. The van der Waals surface area contributed by atoms with E-state index >= 15 is 0 Å². The SMILES string of the molecule is Cc1ccc(Cl)cc1N1CCN(CC(=O)N(C)[C@@H]2CCS(=O)(=O)C2)CC1. The molecule has 0 aliphatic carbocycles. The Morgan fingerprint density at radius 2 is 1.96 bits per heavy atom. The van der Waals surface area contributed by atoms with Gasteiger partial charge in [-0.05, 0) is 31.0 Å². The molecule has 2 heterocycles. The molecule has 8 heteroatoms. The van der Waals surface area contributed by atoms with Gasteiger partial charge in [0.2, 0.25) is 5.91 Å². The number of sulfone groups is 1. The number of benzene rings is 1. The van der Waals surface area contributed by atoms with Crippen LogP contribution in [0.2, 0.25) is 5.02 Å². The average molecular weight is 400 g/mol. The van der Waals surface area contributed by atoms with Crippen molar-refractivity contribution in [2.75, 3.05) is 56.2 Å². The van der Waals surface area contributed by atoms with Crippen LogP contribution >= 0.6 is 11.6 Å². The Bertz CT molecular complexity index is 776. The minimum atomic E-state index is -2.98. The average Bonchev–Trinajstić information content (AvgIpc) is 2.97. The Labute approximate surface area is 160 Å². The maximum absolute atomic E-state index is 12.5. The first kappa shape index (κ1) is 19.5. The van der Waals surface area contributed by atoms with Gasteiger partial charge in [-0.25, -0.2) is 8.42 Å². The van der Waals surface area contributed by atoms with Crippen LogP contribution in [0.15, 0.2) is 18.2 Å². The van der Waals surface area contributed by atoms with Gasteiger partial charge in [-0.3, -0.25) is 9.69 Å². The topological polar surface area (TPSA) is 60.9 Å². The highest BCUT2D eigenvalue weighted by Crippen LogP contribution is 2.25. The van der Waals surface area contributed by atoms with Gasteiger partial charge >= 0.3 is 0 Å². The summed E-state index contributed by atoms with van der Waals surface area (Å²) >= 11 is 6.12. The molecule has 0 saturated carbocycles. The largest absolute Gasteiger partial charge is 0.369 e. The van der Waals surface area contributed by atoms with E-state index in [4.69, 9.17) is 11.6 Å². The van der Waals surface area contributed by atoms with Gasteiger partial charge in [0.15, 0.2) is 9.84 Å². The van der Waals surface area contributed by atoms with E-state index in [9.17, 15) is 13.2 Å². The van der Waals surface area contributed by atoms with Crippen molar-refractivity contribution in [1.29, 1.82) is 0 Å². The van der Waals surface area contributed by atoms with Crippen LogP contribution in [-0.4, -0.2) is 81.4 Å². The standard InChI is InChI=1S/C18H26ClN3O3S/c1-14-3-4-15(19)11-17(14)22-8-6-21(7-9-22)12-18(23)20(2)16-5-10-26(24,25)13-16/h3-4,11,16H,5-10,12-13H2,1-2H3/t16-/m1/s1. The third-order valence-corrected chi connectivity index (χ3v) is 7.38. The molecule has 2 fully saturated rings. The summed E-state index contributed by atoms with van der Waals surface area (Å²) in [7, 11) is -1.26. The number of amides is 1. The van der Waals surface area contributed by atoms with Crippen LogP contribution in [0, 0.1) is 6.92 Å². The number of rotatable bonds is 4. The van der Waals surface area contributed by atoms with Gasteiger partial charge in [-0.1, -0.05) is 17.7 Å². The van der Waals surface area contributed by atoms with Gasteiger partial charge in [-0.15, -0.1) is 0 Å². The summed E-state index contributed by atoms with van der Waals surface area (Å²) in [5.74, 6) is 0.281. The number of hydrogen-bond acceptors (Lipinski definition) is 5. The van der Waals surface area contributed by atoms with Crippen molar-refractivity contribution in [1.82, 2.24) is 9.80 Å². The number of carbonyl (C=O) groups is 1. The summed E-state index contributed by atoms with van der Waals surface area (Å²) < 4.78 is 23.2. The lowest BCUT2D eigenvalue weighted by atomic mass is 10.1. The zero-order chi connectivity index (χ0) is 18.9. The first-order chi connectivity index (χ1) is 12.2. The monoisotopic (exact) mass is 399 g/mol. The lowest BCUT2D eigenvalue weighted by Crippen LogP contribution is -2.51. The highest BCUT2D eigenvalue weighted by atomic mass is 35.5. The van der Waals surface area contributed by atoms with E-state index in [0.29, 0.717) is 13.0 Å². The smallest absolute Gasteiger partial charge is 0.236 e. The molecule has 0 N–H and O–H groups in total. The number of halogens is 1. The second-order valence-corrected chi connectivity index (χ2v) is 9.92. The lowest BCUT2D eigenvalue weighted by Gasteiger charge is -2.37. The van der Waals surface area contributed by atoms with Gasteiger partial charge in [0, 0.05) is 50.0 Å². The molecule has 2 aliphatic heterocycles. The molecule has 0 unspecified atom stereocenters. The molecule has 3 rings (SSSR count). The predicted octanol–water partition coefficient (Wildman–Crippen LogP) is 1.42. The fourth-order valence-corrected chi connectivity index (χ4v) is 5.60. The van der Waals surface area contributed by atoms with Crippen LogP contribution in [0.1, 0.15) is 12.0 Å². The minimum Gasteiger partial charge on any atom is -0.369 e. The van der Waals surface area contributed by atoms with Gasteiger partial charge in [0.25, 0.3) is 0 Å². The first-order valence-corrected chi connectivity index (χ1v) is 11.1. The van der Waals surface area contributed by atoms with Crippen LogP contribution < -0.4 is 4.90 Å². The number of nitrogens with zero attached hydrogens (tertiary/aromatic N) is 3. The number of carbonyl (C=O) groups excluding carboxylic acids is 1. The molecule has 2 aliphatic rings. The first-order valence-electron chi connectivity index (χ1n) is 8.95. The summed E-state index contributed by atoms with van der Waals surface area (Å²) in [6, 6.07) is 5.74. The van der Waals surface area contributed by atoms with Gasteiger partial charge in [-0.2, -0.15) is 0 Å². The Morgan fingerprint density at radius 3 is 2.58 bits per heavy atom. The third-order valence-electron chi connectivity index (χ3n) is 5.39. The fraction of sp³-hybridized carbons (Fsp3) is 0.611. The van der Waals surface area contributed by atoms with Crippen LogP contribution in [0.25, 0.3) is 0 Å². The fourth-order valence-electron chi connectivity index (χ4n) is 3.66. The Hall–Kier alpha value is -1.31. The predicted molar refractivity (Wildman–Crippen MR) is 105 cm³/mol. The molecule has 0 radical (unpaired) electrons. The number of hydrogen-bond donors (Lipinski definition) is 0. The van der Waals surface area contributed by atoms with E-state index in [-0.39, 0.29) is 23.5 Å². The van der Waals surface area contributed by atoms with E-state index in [2.05, 4.69) is 16.7 Å². The quantitative estimate of drug-likeness (QED) is 0.766. The van der Waals surface area contributed by atoms with Crippen molar-refractivity contribution in [3.8, 4) is 0 Å². The normalized spacial score (nSPS) is 23.2. The molecule has 1 aromatic carbocycles. The molecule has 0 bridgehead atoms. The Kier molecular flexibility index (Phi) is 5.79. The lowest BCUT2D eigenvalue weighted by molar-refractivity contribution is -0.132. The van der Waals surface area contributed by atoms with E-state index < -0.39 is 9.84 Å². The van der Waals surface area contributed by atoms with Crippen LogP contribution in [0.5, 0.6) is 0 Å². The van der Waals surface area contributed by atoms with E-state index in [1.165, 1.54) is 5.56 Å². The number of anilines is 1. The zero-order valence-corrected chi connectivity index (χ0v) is 16.9. The van der Waals surface area contributed by atoms with E-state index in [1.54, 1.807) is 11.9 Å².